The van der Waals surface area contributed by atoms with Gasteiger partial charge in [-0.3, -0.25) is 4.79 Å². The molecule has 0 unspecified atom stereocenters. The van der Waals surface area contributed by atoms with Gasteiger partial charge in [0.25, 0.3) is 0 Å². The fourth-order valence-electron chi connectivity index (χ4n) is 2.81. The molecule has 3 nitrogen and oxygen atoms in total. The number of carbonyl (C=O) groups is 1. The maximum Gasteiger partial charge on any atom is 0.305 e. The van der Waals surface area contributed by atoms with E-state index in [0.717, 1.165) is 44.9 Å². The molecule has 0 heterocycles. The molecular weight excluding hydrogens is 312 g/mol. The summed E-state index contributed by atoms with van der Waals surface area (Å²) in [6.07, 6.45) is 18.3. The number of aliphatic hydroxyl groups is 1. The minimum Gasteiger partial charge on any atom is -0.466 e. The number of rotatable bonds is 17. The summed E-state index contributed by atoms with van der Waals surface area (Å²) in [5.74, 6) is 6.45. The van der Waals surface area contributed by atoms with Crippen LogP contribution in [-0.4, -0.2) is 24.3 Å². The van der Waals surface area contributed by atoms with Crippen molar-refractivity contribution in [2.24, 2.45) is 0 Å². The van der Waals surface area contributed by atoms with Gasteiger partial charge in [-0.1, -0.05) is 57.8 Å². The molecule has 25 heavy (non-hydrogen) atoms. The van der Waals surface area contributed by atoms with Crippen LogP contribution in [0.5, 0.6) is 0 Å². The van der Waals surface area contributed by atoms with Gasteiger partial charge in [0.1, 0.15) is 0 Å². The Balaban J connectivity index is 3.12. The summed E-state index contributed by atoms with van der Waals surface area (Å²) in [6.45, 7) is 2.66. The molecule has 0 spiro atoms. The van der Waals surface area contributed by atoms with E-state index in [2.05, 4.69) is 11.8 Å². The molecule has 0 aliphatic rings. The fourth-order valence-corrected chi connectivity index (χ4v) is 2.81. The number of ether oxygens (including phenoxy) is 1. The van der Waals surface area contributed by atoms with Crippen LogP contribution in [0.25, 0.3) is 0 Å². The molecule has 1 N–H and O–H groups in total. The summed E-state index contributed by atoms with van der Waals surface area (Å²) in [4.78, 5) is 11.2. The van der Waals surface area contributed by atoms with Crippen molar-refractivity contribution in [2.75, 3.05) is 13.2 Å². The Morgan fingerprint density at radius 1 is 0.720 bits per heavy atom. The maximum atomic E-state index is 11.2. The van der Waals surface area contributed by atoms with Gasteiger partial charge in [0.2, 0.25) is 0 Å². The summed E-state index contributed by atoms with van der Waals surface area (Å²) in [6, 6.07) is 0. The van der Waals surface area contributed by atoms with E-state index in [0.29, 0.717) is 19.6 Å². The molecule has 0 aliphatic carbocycles. The van der Waals surface area contributed by atoms with Crippen LogP contribution in [0.4, 0.5) is 0 Å². The Kier molecular flexibility index (Phi) is 20.2. The van der Waals surface area contributed by atoms with Gasteiger partial charge in [-0.25, -0.2) is 0 Å². The molecule has 0 atom stereocenters. The number of aliphatic hydroxyl groups excluding tert-OH is 1. The van der Waals surface area contributed by atoms with E-state index in [1.54, 1.807) is 0 Å². The van der Waals surface area contributed by atoms with Gasteiger partial charge in [0.15, 0.2) is 0 Å². The first-order chi connectivity index (χ1) is 12.3. The number of unbranched alkanes of at least 4 members (excludes halogenated alkanes) is 13. The zero-order valence-electron chi connectivity index (χ0n) is 16.5. The molecule has 0 radical (unpaired) electrons. The molecule has 0 aromatic rings. The molecule has 0 amide bonds. The highest BCUT2D eigenvalue weighted by molar-refractivity contribution is 5.69. The van der Waals surface area contributed by atoms with Crippen molar-refractivity contribution >= 4 is 5.97 Å². The smallest absolute Gasteiger partial charge is 0.305 e. The molecule has 0 aliphatic heterocycles. The third kappa shape index (κ3) is 20.9. The molecule has 0 bridgehead atoms. The summed E-state index contributed by atoms with van der Waals surface area (Å²) in [7, 11) is 0. The molecule has 146 valence electrons. The van der Waals surface area contributed by atoms with Crippen molar-refractivity contribution in [3.63, 3.8) is 0 Å². The van der Waals surface area contributed by atoms with E-state index < -0.39 is 0 Å². The second-order valence-corrected chi connectivity index (χ2v) is 6.73. The first kappa shape index (κ1) is 24.0. The average Bonchev–Trinajstić information content (AvgIpc) is 2.61. The van der Waals surface area contributed by atoms with Gasteiger partial charge >= 0.3 is 5.97 Å². The number of hydrogen-bond donors (Lipinski definition) is 1. The van der Waals surface area contributed by atoms with Crippen LogP contribution < -0.4 is 0 Å². The summed E-state index contributed by atoms with van der Waals surface area (Å²) in [5, 5.41) is 8.68. The predicted molar refractivity (Wildman–Crippen MR) is 105 cm³/mol. The Morgan fingerprint density at radius 3 is 1.64 bits per heavy atom. The molecule has 3 heteroatoms. The minimum atomic E-state index is -0.0473. The molecule has 0 aromatic heterocycles. The van der Waals surface area contributed by atoms with Crippen LogP contribution in [0.3, 0.4) is 0 Å². The molecule has 0 saturated heterocycles. The van der Waals surface area contributed by atoms with E-state index in [1.165, 1.54) is 51.4 Å². The van der Waals surface area contributed by atoms with Crippen LogP contribution in [-0.2, 0) is 9.53 Å². The lowest BCUT2D eigenvalue weighted by Crippen LogP contribution is -2.03. The van der Waals surface area contributed by atoms with Gasteiger partial charge in [-0.05, 0) is 32.6 Å². The second-order valence-electron chi connectivity index (χ2n) is 6.73. The van der Waals surface area contributed by atoms with Crippen molar-refractivity contribution < 1.29 is 14.6 Å². The molecule has 0 aromatic carbocycles. The van der Waals surface area contributed by atoms with Crippen LogP contribution in [0, 0.1) is 11.8 Å². The second kappa shape index (κ2) is 21.0. The highest BCUT2D eigenvalue weighted by Crippen LogP contribution is 2.12. The van der Waals surface area contributed by atoms with E-state index in [9.17, 15) is 4.79 Å². The summed E-state index contributed by atoms with van der Waals surface area (Å²) in [5.41, 5.74) is 0. The Morgan fingerprint density at radius 2 is 1.16 bits per heavy atom. The van der Waals surface area contributed by atoms with Gasteiger partial charge in [-0.15, -0.1) is 11.8 Å². The fraction of sp³-hybridized carbons (Fsp3) is 0.864. The topological polar surface area (TPSA) is 46.5 Å². The largest absolute Gasteiger partial charge is 0.466 e. The van der Waals surface area contributed by atoms with Crippen LogP contribution in [0.1, 0.15) is 110 Å². The normalized spacial score (nSPS) is 10.3. The summed E-state index contributed by atoms with van der Waals surface area (Å²) < 4.78 is 4.92. The van der Waals surface area contributed by atoms with Crippen LogP contribution in [0.2, 0.25) is 0 Å². The lowest BCUT2D eigenvalue weighted by Gasteiger charge is -2.03. The van der Waals surface area contributed by atoms with E-state index in [-0.39, 0.29) is 5.97 Å². The zero-order valence-corrected chi connectivity index (χ0v) is 16.5. The van der Waals surface area contributed by atoms with E-state index in [4.69, 9.17) is 9.84 Å². The monoisotopic (exact) mass is 352 g/mol. The molecule has 0 rings (SSSR count). The highest BCUT2D eigenvalue weighted by atomic mass is 16.5. The van der Waals surface area contributed by atoms with Crippen molar-refractivity contribution in [3.05, 3.63) is 0 Å². The molecule has 0 saturated carbocycles. The van der Waals surface area contributed by atoms with E-state index >= 15 is 0 Å². The molecule has 0 fully saturated rings. The quantitative estimate of drug-likeness (QED) is 0.205. The van der Waals surface area contributed by atoms with Gasteiger partial charge in [-0.2, -0.15) is 0 Å². The Bertz CT molecular complexity index is 341. The van der Waals surface area contributed by atoms with Crippen molar-refractivity contribution in [1.29, 1.82) is 0 Å². The summed E-state index contributed by atoms with van der Waals surface area (Å²) >= 11 is 0. The van der Waals surface area contributed by atoms with Crippen molar-refractivity contribution in [1.82, 2.24) is 0 Å². The van der Waals surface area contributed by atoms with E-state index in [1.807, 2.05) is 6.92 Å². The van der Waals surface area contributed by atoms with Gasteiger partial charge in [0, 0.05) is 25.9 Å². The van der Waals surface area contributed by atoms with Gasteiger partial charge in [0.05, 0.1) is 6.61 Å². The Labute approximate surface area is 155 Å². The minimum absolute atomic E-state index is 0.0473. The SMILES string of the molecule is CCOC(=O)CCCCCCCCCCCCC#CCCCCCO. The zero-order chi connectivity index (χ0) is 18.4. The Hall–Kier alpha value is -1.01. The number of hydrogen-bond acceptors (Lipinski definition) is 3. The molecular formula is C22H40O3. The number of carbonyl (C=O) groups excluding carboxylic acids is 1. The van der Waals surface area contributed by atoms with Crippen molar-refractivity contribution in [3.8, 4) is 11.8 Å². The lowest BCUT2D eigenvalue weighted by molar-refractivity contribution is -0.143. The third-order valence-electron chi connectivity index (χ3n) is 4.32. The van der Waals surface area contributed by atoms with Crippen LogP contribution >= 0.6 is 0 Å². The first-order valence-corrected chi connectivity index (χ1v) is 10.5. The highest BCUT2D eigenvalue weighted by Gasteiger charge is 2.00. The average molecular weight is 353 g/mol. The predicted octanol–water partition coefficient (Wildman–Crippen LogP) is 5.79. The van der Waals surface area contributed by atoms with Crippen LogP contribution in [0.15, 0.2) is 0 Å². The first-order valence-electron chi connectivity index (χ1n) is 10.5. The lowest BCUT2D eigenvalue weighted by atomic mass is 10.1. The van der Waals surface area contributed by atoms with Crippen molar-refractivity contribution in [2.45, 2.75) is 110 Å². The van der Waals surface area contributed by atoms with Gasteiger partial charge < -0.3 is 9.84 Å². The standard InChI is InChI=1S/C22H40O3/c1-2-25-22(24)20-18-16-14-12-10-8-6-4-3-5-7-9-11-13-15-17-19-21-23/h23H,2-8,10,12-21H2,1H3. The maximum absolute atomic E-state index is 11.2. The third-order valence-corrected chi connectivity index (χ3v) is 4.32. The number of esters is 1.